The molecule has 0 N–H and O–H groups in total. The third kappa shape index (κ3) is 3.84. The third-order valence-electron chi connectivity index (χ3n) is 4.52. The number of carbonyl (C=O) groups excluding carboxylic acids is 1. The number of carbonyl (C=O) groups is 1. The smallest absolute Gasteiger partial charge is 0.135 e. The normalized spacial score (nSPS) is 18.6. The number of benzene rings is 2. The maximum Gasteiger partial charge on any atom is 0.135 e. The van der Waals surface area contributed by atoms with Crippen LogP contribution < -0.4 is 10.6 Å². The Morgan fingerprint density at radius 1 is 0.864 bits per heavy atom. The van der Waals surface area contributed by atoms with Crippen LogP contribution in [-0.2, 0) is 4.79 Å². The van der Waals surface area contributed by atoms with Crippen molar-refractivity contribution in [3.63, 3.8) is 0 Å². The Labute approximate surface area is 134 Å². The zero-order valence-electron chi connectivity index (χ0n) is 12.9. The molecule has 114 valence electrons. The quantitative estimate of drug-likeness (QED) is 0.754. The largest absolute Gasteiger partial charge is 0.299 e. The standard InChI is InChI=1S/C20H23OP/c21-20-14-8-7-9-17(20)15-16-22(18-10-3-1-4-11-18)19-12-5-2-6-13-19/h1-6,10-13,17H,7-9,14-16H2. The summed E-state index contributed by atoms with van der Waals surface area (Å²) in [7, 11) is -0.347. The Balaban J connectivity index is 1.76. The minimum absolute atomic E-state index is 0.311. The summed E-state index contributed by atoms with van der Waals surface area (Å²) < 4.78 is 0. The number of ketones is 1. The molecule has 1 nitrogen and oxygen atoms in total. The van der Waals surface area contributed by atoms with E-state index in [0.29, 0.717) is 11.7 Å². The molecule has 0 aliphatic heterocycles. The second-order valence-electron chi connectivity index (χ2n) is 6.02. The van der Waals surface area contributed by atoms with Crippen LogP contribution >= 0.6 is 7.92 Å². The molecule has 1 aliphatic carbocycles. The van der Waals surface area contributed by atoms with Crippen molar-refractivity contribution in [1.29, 1.82) is 0 Å². The molecule has 0 aromatic heterocycles. The van der Waals surface area contributed by atoms with E-state index in [4.69, 9.17) is 0 Å². The molecule has 1 unspecified atom stereocenters. The molecule has 0 bridgehead atoms. The zero-order chi connectivity index (χ0) is 15.2. The molecule has 2 aromatic rings. The second kappa shape index (κ2) is 7.70. The molecule has 2 aromatic carbocycles. The number of hydrogen-bond acceptors (Lipinski definition) is 1. The molecule has 0 heterocycles. The molecule has 0 amide bonds. The molecule has 0 saturated heterocycles. The second-order valence-corrected chi connectivity index (χ2v) is 8.36. The summed E-state index contributed by atoms with van der Waals surface area (Å²) in [6.45, 7) is 0. The Morgan fingerprint density at radius 3 is 2.00 bits per heavy atom. The average molecular weight is 310 g/mol. The van der Waals surface area contributed by atoms with Gasteiger partial charge in [0.25, 0.3) is 0 Å². The molecule has 22 heavy (non-hydrogen) atoms. The lowest BCUT2D eigenvalue weighted by Gasteiger charge is -2.24. The van der Waals surface area contributed by atoms with Crippen molar-refractivity contribution in [3.05, 3.63) is 60.7 Å². The van der Waals surface area contributed by atoms with Crippen LogP contribution in [0.4, 0.5) is 0 Å². The number of hydrogen-bond donors (Lipinski definition) is 0. The average Bonchev–Trinajstić information content (AvgIpc) is 2.59. The van der Waals surface area contributed by atoms with Gasteiger partial charge in [0, 0.05) is 12.3 Å². The van der Waals surface area contributed by atoms with Crippen LogP contribution in [0.3, 0.4) is 0 Å². The van der Waals surface area contributed by atoms with Crippen molar-refractivity contribution in [2.45, 2.75) is 32.1 Å². The van der Waals surface area contributed by atoms with Crippen LogP contribution in [0, 0.1) is 5.92 Å². The van der Waals surface area contributed by atoms with Gasteiger partial charge in [-0.25, -0.2) is 0 Å². The Morgan fingerprint density at radius 2 is 1.45 bits per heavy atom. The van der Waals surface area contributed by atoms with Crippen LogP contribution in [0.5, 0.6) is 0 Å². The molecule has 2 heteroatoms. The predicted octanol–water partition coefficient (Wildman–Crippen LogP) is 4.27. The molecule has 1 atom stereocenters. The Kier molecular flexibility index (Phi) is 5.40. The predicted molar refractivity (Wildman–Crippen MR) is 95.5 cm³/mol. The minimum Gasteiger partial charge on any atom is -0.299 e. The van der Waals surface area contributed by atoms with Gasteiger partial charge in [-0.05, 0) is 44.0 Å². The van der Waals surface area contributed by atoms with Gasteiger partial charge in [-0.3, -0.25) is 4.79 Å². The van der Waals surface area contributed by atoms with E-state index in [1.165, 1.54) is 17.0 Å². The monoisotopic (exact) mass is 310 g/mol. The highest BCUT2D eigenvalue weighted by Gasteiger charge is 2.24. The third-order valence-corrected chi connectivity index (χ3v) is 7.07. The Hall–Kier alpha value is -1.46. The van der Waals surface area contributed by atoms with Gasteiger partial charge >= 0.3 is 0 Å². The van der Waals surface area contributed by atoms with Crippen molar-refractivity contribution in [1.82, 2.24) is 0 Å². The first-order valence-corrected chi connectivity index (χ1v) is 9.77. The molecule has 0 radical (unpaired) electrons. The molecular formula is C20H23OP. The van der Waals surface area contributed by atoms with Gasteiger partial charge in [-0.15, -0.1) is 0 Å². The highest BCUT2D eigenvalue weighted by Crippen LogP contribution is 2.37. The van der Waals surface area contributed by atoms with Crippen LogP contribution in [0.2, 0.25) is 0 Å². The topological polar surface area (TPSA) is 17.1 Å². The maximum atomic E-state index is 12.1. The van der Waals surface area contributed by atoms with Crippen molar-refractivity contribution < 1.29 is 4.79 Å². The summed E-state index contributed by atoms with van der Waals surface area (Å²) in [4.78, 5) is 12.1. The van der Waals surface area contributed by atoms with E-state index in [9.17, 15) is 4.79 Å². The number of rotatable bonds is 5. The first kappa shape index (κ1) is 15.4. The number of Topliss-reactive ketones (excluding diaryl/α,β-unsaturated/α-hetero) is 1. The summed E-state index contributed by atoms with van der Waals surface area (Å²) >= 11 is 0. The van der Waals surface area contributed by atoms with Gasteiger partial charge in [0.05, 0.1) is 0 Å². The van der Waals surface area contributed by atoms with Gasteiger partial charge < -0.3 is 0 Å². The molecule has 1 fully saturated rings. The first-order chi connectivity index (χ1) is 10.8. The van der Waals surface area contributed by atoms with E-state index >= 15 is 0 Å². The molecule has 3 rings (SSSR count). The summed E-state index contributed by atoms with van der Waals surface area (Å²) in [5.41, 5.74) is 0. The molecular weight excluding hydrogens is 287 g/mol. The van der Waals surface area contributed by atoms with Crippen LogP contribution in [0.1, 0.15) is 32.1 Å². The highest BCUT2D eigenvalue weighted by molar-refractivity contribution is 7.73. The highest BCUT2D eigenvalue weighted by atomic mass is 31.1. The van der Waals surface area contributed by atoms with Gasteiger partial charge in [-0.1, -0.05) is 67.1 Å². The van der Waals surface area contributed by atoms with Crippen LogP contribution in [-0.4, -0.2) is 11.9 Å². The maximum absolute atomic E-state index is 12.1. The fourth-order valence-corrected chi connectivity index (χ4v) is 5.72. The van der Waals surface area contributed by atoms with E-state index in [2.05, 4.69) is 60.7 Å². The van der Waals surface area contributed by atoms with Crippen molar-refractivity contribution >= 4 is 24.3 Å². The summed E-state index contributed by atoms with van der Waals surface area (Å²) in [5.74, 6) is 0.813. The van der Waals surface area contributed by atoms with Crippen molar-refractivity contribution in [2.75, 3.05) is 6.16 Å². The molecule has 0 spiro atoms. The SMILES string of the molecule is O=C1CCCCC1CCP(c1ccccc1)c1ccccc1. The van der Waals surface area contributed by atoms with E-state index in [1.807, 2.05) is 0 Å². The fraction of sp³-hybridized carbons (Fsp3) is 0.350. The van der Waals surface area contributed by atoms with Crippen LogP contribution in [0.15, 0.2) is 60.7 Å². The Bertz CT molecular complexity index is 554. The first-order valence-electron chi connectivity index (χ1n) is 8.25. The lowest BCUT2D eigenvalue weighted by atomic mass is 9.86. The fourth-order valence-electron chi connectivity index (χ4n) is 3.27. The van der Waals surface area contributed by atoms with Crippen molar-refractivity contribution in [3.8, 4) is 0 Å². The summed E-state index contributed by atoms with van der Waals surface area (Å²) in [6, 6.07) is 21.6. The zero-order valence-corrected chi connectivity index (χ0v) is 13.8. The van der Waals surface area contributed by atoms with E-state index in [0.717, 1.165) is 31.8 Å². The van der Waals surface area contributed by atoms with Gasteiger partial charge in [0.15, 0.2) is 0 Å². The summed E-state index contributed by atoms with van der Waals surface area (Å²) in [5, 5.41) is 2.85. The van der Waals surface area contributed by atoms with E-state index in [1.54, 1.807) is 0 Å². The molecule has 1 aliphatic rings. The van der Waals surface area contributed by atoms with Gasteiger partial charge in [-0.2, -0.15) is 0 Å². The lowest BCUT2D eigenvalue weighted by Crippen LogP contribution is -2.22. The minimum atomic E-state index is -0.347. The van der Waals surface area contributed by atoms with E-state index in [-0.39, 0.29) is 7.92 Å². The molecule has 1 saturated carbocycles. The van der Waals surface area contributed by atoms with Crippen LogP contribution in [0.25, 0.3) is 0 Å². The van der Waals surface area contributed by atoms with Gasteiger partial charge in [0.1, 0.15) is 5.78 Å². The van der Waals surface area contributed by atoms with Crippen molar-refractivity contribution in [2.24, 2.45) is 5.92 Å². The van der Waals surface area contributed by atoms with E-state index < -0.39 is 0 Å². The summed E-state index contributed by atoms with van der Waals surface area (Å²) in [6.07, 6.45) is 6.41. The lowest BCUT2D eigenvalue weighted by molar-refractivity contribution is -0.124. The van der Waals surface area contributed by atoms with Gasteiger partial charge in [0.2, 0.25) is 0 Å².